The van der Waals surface area contributed by atoms with Gasteiger partial charge in [0.05, 0.1) is 0 Å². The Bertz CT molecular complexity index is 834. The molecule has 1 aliphatic carbocycles. The minimum Gasteiger partial charge on any atom is -0.359 e. The number of para-hydroxylation sites is 1. The smallest absolute Gasteiger partial charge is 0.270 e. The molecule has 0 saturated heterocycles. The Labute approximate surface area is 138 Å². The second kappa shape index (κ2) is 6.04. The molecule has 1 saturated carbocycles. The van der Waals surface area contributed by atoms with Crippen molar-refractivity contribution < 1.29 is 4.79 Å². The molecule has 1 aliphatic rings. The van der Waals surface area contributed by atoms with E-state index < -0.39 is 0 Å². The highest BCUT2D eigenvalue weighted by molar-refractivity contribution is 7.13. The number of benzene rings is 1. The number of rotatable bonds is 6. The lowest BCUT2D eigenvalue weighted by molar-refractivity contribution is 0.0948. The number of anilines is 1. The number of fused-ring (bicyclic) bond motifs is 1. The standard InChI is InChI=1S/C17H18N4OS/c22-16(14-11-23-17(20-14)19-13-5-6-13)18-8-10-21-9-7-12-3-1-2-4-15(12)21/h1-4,7,9,11,13H,5-6,8,10H2,(H,18,22)(H,19,20). The fourth-order valence-electron chi connectivity index (χ4n) is 2.56. The van der Waals surface area contributed by atoms with E-state index in [9.17, 15) is 4.79 Å². The number of thiazole rings is 1. The van der Waals surface area contributed by atoms with Crippen molar-refractivity contribution in [1.29, 1.82) is 0 Å². The van der Waals surface area contributed by atoms with Gasteiger partial charge in [-0.2, -0.15) is 0 Å². The third-order valence-electron chi connectivity index (χ3n) is 3.96. The van der Waals surface area contributed by atoms with Crippen LogP contribution in [0, 0.1) is 0 Å². The fourth-order valence-corrected chi connectivity index (χ4v) is 3.33. The summed E-state index contributed by atoms with van der Waals surface area (Å²) >= 11 is 1.49. The van der Waals surface area contributed by atoms with Crippen molar-refractivity contribution in [3.8, 4) is 0 Å². The van der Waals surface area contributed by atoms with Crippen LogP contribution in [0.25, 0.3) is 10.9 Å². The number of aromatic nitrogens is 2. The van der Waals surface area contributed by atoms with Crippen molar-refractivity contribution in [1.82, 2.24) is 14.9 Å². The molecule has 4 rings (SSSR count). The largest absolute Gasteiger partial charge is 0.359 e. The number of amides is 1. The molecular weight excluding hydrogens is 308 g/mol. The van der Waals surface area contributed by atoms with E-state index >= 15 is 0 Å². The van der Waals surface area contributed by atoms with Gasteiger partial charge >= 0.3 is 0 Å². The van der Waals surface area contributed by atoms with E-state index in [0.717, 1.165) is 11.7 Å². The van der Waals surface area contributed by atoms with E-state index in [2.05, 4.69) is 44.6 Å². The Morgan fingerprint density at radius 2 is 2.17 bits per heavy atom. The first kappa shape index (κ1) is 14.3. The number of hydrogen-bond acceptors (Lipinski definition) is 4. The van der Waals surface area contributed by atoms with Crippen LogP contribution < -0.4 is 10.6 Å². The van der Waals surface area contributed by atoms with Crippen LogP contribution >= 0.6 is 11.3 Å². The molecule has 0 spiro atoms. The van der Waals surface area contributed by atoms with Gasteiger partial charge in [0.2, 0.25) is 0 Å². The van der Waals surface area contributed by atoms with Crippen LogP contribution in [0.15, 0.2) is 41.9 Å². The van der Waals surface area contributed by atoms with Crippen molar-refractivity contribution in [2.24, 2.45) is 0 Å². The summed E-state index contributed by atoms with van der Waals surface area (Å²) in [6.45, 7) is 1.33. The Morgan fingerprint density at radius 3 is 3.04 bits per heavy atom. The molecule has 23 heavy (non-hydrogen) atoms. The van der Waals surface area contributed by atoms with Gasteiger partial charge in [-0.05, 0) is 30.4 Å². The fraction of sp³-hybridized carbons (Fsp3) is 0.294. The molecule has 0 aliphatic heterocycles. The summed E-state index contributed by atoms with van der Waals surface area (Å²) in [6.07, 6.45) is 4.45. The van der Waals surface area contributed by atoms with Gasteiger partial charge in [0.15, 0.2) is 5.13 Å². The molecule has 0 radical (unpaired) electrons. The second-order valence-corrected chi connectivity index (χ2v) is 6.64. The average molecular weight is 326 g/mol. The van der Waals surface area contributed by atoms with Crippen molar-refractivity contribution in [3.05, 3.63) is 47.6 Å². The van der Waals surface area contributed by atoms with Crippen molar-refractivity contribution in [3.63, 3.8) is 0 Å². The number of nitrogens with zero attached hydrogens (tertiary/aromatic N) is 2. The highest BCUT2D eigenvalue weighted by atomic mass is 32.1. The Balaban J connectivity index is 1.33. The minimum absolute atomic E-state index is 0.110. The molecule has 1 amide bonds. The predicted molar refractivity (Wildman–Crippen MR) is 93.0 cm³/mol. The van der Waals surface area contributed by atoms with E-state index in [1.165, 1.54) is 35.1 Å². The lowest BCUT2D eigenvalue weighted by Crippen LogP contribution is -2.27. The van der Waals surface area contributed by atoms with E-state index in [1.807, 2.05) is 17.5 Å². The zero-order chi connectivity index (χ0) is 15.6. The number of hydrogen-bond donors (Lipinski definition) is 2. The number of carbonyl (C=O) groups is 1. The molecule has 2 N–H and O–H groups in total. The predicted octanol–water partition coefficient (Wildman–Crippen LogP) is 3.10. The molecule has 3 aromatic rings. The van der Waals surface area contributed by atoms with Gasteiger partial charge in [0, 0.05) is 36.2 Å². The topological polar surface area (TPSA) is 59.0 Å². The number of carbonyl (C=O) groups excluding carboxylic acids is 1. The maximum Gasteiger partial charge on any atom is 0.270 e. The summed E-state index contributed by atoms with van der Waals surface area (Å²) in [4.78, 5) is 16.5. The van der Waals surface area contributed by atoms with Gasteiger partial charge < -0.3 is 15.2 Å². The average Bonchev–Trinajstić information content (AvgIpc) is 3.09. The van der Waals surface area contributed by atoms with E-state index in [1.54, 1.807) is 0 Å². The van der Waals surface area contributed by atoms with Crippen LogP contribution in [0.3, 0.4) is 0 Å². The third kappa shape index (κ3) is 3.22. The first-order valence-corrected chi connectivity index (χ1v) is 8.72. The van der Waals surface area contributed by atoms with Crippen LogP contribution in [0.2, 0.25) is 0 Å². The Morgan fingerprint density at radius 1 is 1.30 bits per heavy atom. The van der Waals surface area contributed by atoms with Crippen LogP contribution in [0.5, 0.6) is 0 Å². The maximum absolute atomic E-state index is 12.1. The maximum atomic E-state index is 12.1. The Hall–Kier alpha value is -2.34. The zero-order valence-electron chi connectivity index (χ0n) is 12.7. The summed E-state index contributed by atoms with van der Waals surface area (Å²) in [5.41, 5.74) is 1.68. The van der Waals surface area contributed by atoms with Crippen LogP contribution in [-0.4, -0.2) is 28.0 Å². The highest BCUT2D eigenvalue weighted by Gasteiger charge is 2.22. The van der Waals surface area contributed by atoms with Gasteiger partial charge in [-0.15, -0.1) is 11.3 Å². The number of nitrogens with one attached hydrogen (secondary N) is 2. The molecule has 1 aromatic carbocycles. The van der Waals surface area contributed by atoms with Crippen molar-refractivity contribution in [2.45, 2.75) is 25.4 Å². The first-order chi connectivity index (χ1) is 11.3. The third-order valence-corrected chi connectivity index (χ3v) is 4.73. The Kier molecular flexibility index (Phi) is 3.75. The zero-order valence-corrected chi connectivity index (χ0v) is 13.5. The monoisotopic (exact) mass is 326 g/mol. The highest BCUT2D eigenvalue weighted by Crippen LogP contribution is 2.26. The van der Waals surface area contributed by atoms with Crippen LogP contribution in [0.1, 0.15) is 23.3 Å². The molecule has 118 valence electrons. The van der Waals surface area contributed by atoms with Crippen LogP contribution in [0.4, 0.5) is 5.13 Å². The molecule has 2 heterocycles. The molecule has 5 nitrogen and oxygen atoms in total. The molecule has 1 fully saturated rings. The van der Waals surface area contributed by atoms with Crippen molar-refractivity contribution >= 4 is 33.3 Å². The normalized spacial score (nSPS) is 14.1. The lowest BCUT2D eigenvalue weighted by atomic mass is 10.2. The summed E-state index contributed by atoms with van der Waals surface area (Å²) < 4.78 is 2.15. The van der Waals surface area contributed by atoms with Gasteiger partial charge in [0.1, 0.15) is 5.69 Å². The van der Waals surface area contributed by atoms with E-state index in [0.29, 0.717) is 18.3 Å². The van der Waals surface area contributed by atoms with Crippen molar-refractivity contribution in [2.75, 3.05) is 11.9 Å². The van der Waals surface area contributed by atoms with Gasteiger partial charge in [-0.1, -0.05) is 18.2 Å². The minimum atomic E-state index is -0.110. The first-order valence-electron chi connectivity index (χ1n) is 7.84. The molecule has 6 heteroatoms. The van der Waals surface area contributed by atoms with Gasteiger partial charge in [0.25, 0.3) is 5.91 Å². The summed E-state index contributed by atoms with van der Waals surface area (Å²) in [7, 11) is 0. The molecule has 0 unspecified atom stereocenters. The van der Waals surface area contributed by atoms with Gasteiger partial charge in [-0.25, -0.2) is 4.98 Å². The van der Waals surface area contributed by atoms with Crippen LogP contribution in [-0.2, 0) is 6.54 Å². The summed E-state index contributed by atoms with van der Waals surface area (Å²) in [6, 6.07) is 10.9. The molecular formula is C17H18N4OS. The SMILES string of the molecule is O=C(NCCn1ccc2ccccc21)c1csc(NC2CC2)n1. The van der Waals surface area contributed by atoms with Gasteiger partial charge in [-0.3, -0.25) is 4.79 Å². The molecule has 2 aromatic heterocycles. The quantitative estimate of drug-likeness (QED) is 0.732. The summed E-state index contributed by atoms with van der Waals surface area (Å²) in [5.74, 6) is -0.110. The molecule has 0 atom stereocenters. The van der Waals surface area contributed by atoms with E-state index in [4.69, 9.17) is 0 Å². The lowest BCUT2D eigenvalue weighted by Gasteiger charge is -2.06. The second-order valence-electron chi connectivity index (χ2n) is 5.78. The summed E-state index contributed by atoms with van der Waals surface area (Å²) in [5, 5.41) is 10.1. The molecule has 0 bridgehead atoms. The van der Waals surface area contributed by atoms with E-state index in [-0.39, 0.29) is 5.91 Å².